The van der Waals surface area contributed by atoms with Crippen molar-refractivity contribution in [2.45, 2.75) is 20.4 Å². The summed E-state index contributed by atoms with van der Waals surface area (Å²) < 4.78 is 1.85. The summed E-state index contributed by atoms with van der Waals surface area (Å²) in [5, 5.41) is 0. The van der Waals surface area contributed by atoms with E-state index in [4.69, 9.17) is 0 Å². The third-order valence-corrected chi connectivity index (χ3v) is 4.70. The first-order valence-electron chi connectivity index (χ1n) is 8.18. The molecule has 0 saturated carbocycles. The van der Waals surface area contributed by atoms with Crippen molar-refractivity contribution < 1.29 is 19.2 Å². The first-order valence-corrected chi connectivity index (χ1v) is 8.18. The number of amides is 4. The SMILES string of the molecule is Cc1cc(C(=O)CN2C(=O)C(=O)N(Cc3ccccc3)C2=O)c(C)n1C. The average molecular weight is 353 g/mol. The standard InChI is InChI=1S/C19H19N3O4/c1-12-9-15(13(2)20(12)3)16(23)11-22-18(25)17(24)21(19(22)26)10-14-7-5-4-6-8-14/h4-9H,10-11H2,1-3H3. The van der Waals surface area contributed by atoms with Crippen LogP contribution in [0.2, 0.25) is 0 Å². The Morgan fingerprint density at radius 1 is 0.962 bits per heavy atom. The van der Waals surface area contributed by atoms with E-state index in [0.29, 0.717) is 5.56 Å². The van der Waals surface area contributed by atoms with Crippen LogP contribution in [0.3, 0.4) is 0 Å². The lowest BCUT2D eigenvalue weighted by atomic mass is 10.1. The number of hydrogen-bond donors (Lipinski definition) is 0. The molecule has 3 rings (SSSR count). The third-order valence-electron chi connectivity index (χ3n) is 4.70. The number of carbonyl (C=O) groups is 4. The van der Waals surface area contributed by atoms with Gasteiger partial charge in [-0.1, -0.05) is 30.3 Å². The smallest absolute Gasteiger partial charge is 0.334 e. The highest BCUT2D eigenvalue weighted by molar-refractivity contribution is 6.45. The number of aryl methyl sites for hydroxylation is 1. The molecule has 1 aromatic heterocycles. The Morgan fingerprint density at radius 3 is 2.15 bits per heavy atom. The number of hydrogen-bond acceptors (Lipinski definition) is 4. The lowest BCUT2D eigenvalue weighted by molar-refractivity contribution is -0.143. The summed E-state index contributed by atoms with van der Waals surface area (Å²) in [5.74, 6) is -2.25. The van der Waals surface area contributed by atoms with E-state index in [1.165, 1.54) is 0 Å². The van der Waals surface area contributed by atoms with E-state index in [1.807, 2.05) is 24.6 Å². The van der Waals surface area contributed by atoms with Gasteiger partial charge in [0.05, 0.1) is 13.1 Å². The monoisotopic (exact) mass is 353 g/mol. The van der Waals surface area contributed by atoms with E-state index in [1.54, 1.807) is 37.3 Å². The summed E-state index contributed by atoms with van der Waals surface area (Å²) in [6.07, 6.45) is 0. The Balaban J connectivity index is 1.79. The molecule has 0 N–H and O–H groups in total. The van der Waals surface area contributed by atoms with Crippen LogP contribution >= 0.6 is 0 Å². The van der Waals surface area contributed by atoms with E-state index < -0.39 is 24.4 Å². The van der Waals surface area contributed by atoms with Crippen LogP contribution in [0.5, 0.6) is 0 Å². The van der Waals surface area contributed by atoms with Crippen LogP contribution in [0, 0.1) is 13.8 Å². The van der Waals surface area contributed by atoms with Gasteiger partial charge in [0.1, 0.15) is 0 Å². The molecule has 7 heteroatoms. The maximum absolute atomic E-state index is 12.6. The van der Waals surface area contributed by atoms with Gasteiger partial charge < -0.3 is 4.57 Å². The molecule has 0 radical (unpaired) electrons. The molecule has 0 bridgehead atoms. The predicted molar refractivity (Wildman–Crippen MR) is 93.3 cm³/mol. The van der Waals surface area contributed by atoms with Gasteiger partial charge in [-0.25, -0.2) is 9.69 Å². The molecule has 1 aliphatic rings. The van der Waals surface area contributed by atoms with Crippen molar-refractivity contribution in [1.82, 2.24) is 14.4 Å². The van der Waals surface area contributed by atoms with E-state index in [0.717, 1.165) is 26.8 Å². The Labute approximate surface area is 150 Å². The van der Waals surface area contributed by atoms with Gasteiger partial charge in [-0.3, -0.25) is 19.3 Å². The number of nitrogens with zero attached hydrogens (tertiary/aromatic N) is 3. The van der Waals surface area contributed by atoms with E-state index in [2.05, 4.69) is 0 Å². The molecule has 0 spiro atoms. The summed E-state index contributed by atoms with van der Waals surface area (Å²) in [6, 6.07) is 9.85. The minimum absolute atomic E-state index is 0.00158. The van der Waals surface area contributed by atoms with Crippen molar-refractivity contribution in [2.75, 3.05) is 6.54 Å². The van der Waals surface area contributed by atoms with Gasteiger partial charge >= 0.3 is 17.8 Å². The highest BCUT2D eigenvalue weighted by Gasteiger charge is 2.45. The molecule has 0 atom stereocenters. The predicted octanol–water partition coefficient (Wildman–Crippen LogP) is 1.82. The zero-order valence-corrected chi connectivity index (χ0v) is 14.9. The molecule has 0 aliphatic carbocycles. The van der Waals surface area contributed by atoms with Gasteiger partial charge in [0.25, 0.3) is 0 Å². The number of rotatable bonds is 5. The Morgan fingerprint density at radius 2 is 1.58 bits per heavy atom. The van der Waals surface area contributed by atoms with Gasteiger partial charge in [-0.2, -0.15) is 0 Å². The van der Waals surface area contributed by atoms with Gasteiger partial charge in [0, 0.05) is 24.0 Å². The molecule has 1 fully saturated rings. The van der Waals surface area contributed by atoms with Crippen LogP contribution in [0.1, 0.15) is 27.3 Å². The molecule has 2 aromatic rings. The Kier molecular flexibility index (Phi) is 4.46. The molecular formula is C19H19N3O4. The molecule has 4 amide bonds. The largest absolute Gasteiger partial charge is 0.351 e. The van der Waals surface area contributed by atoms with Crippen LogP contribution in [0.4, 0.5) is 4.79 Å². The van der Waals surface area contributed by atoms with Crippen LogP contribution < -0.4 is 0 Å². The van der Waals surface area contributed by atoms with Crippen molar-refractivity contribution in [3.63, 3.8) is 0 Å². The van der Waals surface area contributed by atoms with Crippen LogP contribution in [-0.2, 0) is 23.2 Å². The fourth-order valence-corrected chi connectivity index (χ4v) is 2.96. The van der Waals surface area contributed by atoms with Gasteiger partial charge in [0.2, 0.25) is 0 Å². The first kappa shape index (κ1) is 17.6. The molecule has 2 heterocycles. The molecule has 1 saturated heterocycles. The van der Waals surface area contributed by atoms with E-state index in [-0.39, 0.29) is 12.3 Å². The highest BCUT2D eigenvalue weighted by Crippen LogP contribution is 2.19. The van der Waals surface area contributed by atoms with Crippen molar-refractivity contribution in [3.05, 3.63) is 58.9 Å². The summed E-state index contributed by atoms with van der Waals surface area (Å²) in [5.41, 5.74) is 2.81. The number of aromatic nitrogens is 1. The van der Waals surface area contributed by atoms with Crippen LogP contribution in [0.25, 0.3) is 0 Å². The molecule has 1 aliphatic heterocycles. The normalized spacial score (nSPS) is 14.5. The van der Waals surface area contributed by atoms with Crippen molar-refractivity contribution in [2.24, 2.45) is 7.05 Å². The fourth-order valence-electron chi connectivity index (χ4n) is 2.96. The van der Waals surface area contributed by atoms with E-state index in [9.17, 15) is 19.2 Å². The van der Waals surface area contributed by atoms with Crippen molar-refractivity contribution in [1.29, 1.82) is 0 Å². The third kappa shape index (κ3) is 2.92. The Hall–Kier alpha value is -3.22. The quantitative estimate of drug-likeness (QED) is 0.466. The zero-order chi connectivity index (χ0) is 19.0. The molecule has 7 nitrogen and oxygen atoms in total. The zero-order valence-electron chi connectivity index (χ0n) is 14.9. The number of imide groups is 2. The maximum Gasteiger partial charge on any atom is 0.334 e. The summed E-state index contributed by atoms with van der Waals surface area (Å²) in [6.45, 7) is 3.21. The van der Waals surface area contributed by atoms with Gasteiger partial charge in [0.15, 0.2) is 5.78 Å². The number of urea groups is 1. The van der Waals surface area contributed by atoms with Crippen molar-refractivity contribution in [3.8, 4) is 0 Å². The topological polar surface area (TPSA) is 79.7 Å². The maximum atomic E-state index is 12.6. The second-order valence-electron chi connectivity index (χ2n) is 6.32. The van der Waals surface area contributed by atoms with Gasteiger partial charge in [-0.15, -0.1) is 0 Å². The summed E-state index contributed by atoms with van der Waals surface area (Å²) in [7, 11) is 1.83. The molecule has 134 valence electrons. The van der Waals surface area contributed by atoms with E-state index >= 15 is 0 Å². The van der Waals surface area contributed by atoms with Crippen LogP contribution in [-0.4, -0.2) is 44.5 Å². The number of ketones is 1. The molecule has 0 unspecified atom stereocenters. The van der Waals surface area contributed by atoms with Crippen molar-refractivity contribution >= 4 is 23.6 Å². The molecular weight excluding hydrogens is 334 g/mol. The second kappa shape index (κ2) is 6.59. The first-order chi connectivity index (χ1) is 12.3. The summed E-state index contributed by atoms with van der Waals surface area (Å²) >= 11 is 0. The van der Waals surface area contributed by atoms with Crippen LogP contribution in [0.15, 0.2) is 36.4 Å². The Bertz CT molecular complexity index is 914. The molecule has 1 aromatic carbocycles. The number of Topliss-reactive ketones (excluding diaryl/α,β-unsaturated/α-hetero) is 1. The number of benzene rings is 1. The highest BCUT2D eigenvalue weighted by atomic mass is 16.2. The minimum atomic E-state index is -0.968. The van der Waals surface area contributed by atoms with Gasteiger partial charge in [-0.05, 0) is 25.5 Å². The number of carbonyl (C=O) groups excluding carboxylic acids is 4. The lowest BCUT2D eigenvalue weighted by Crippen LogP contribution is -2.37. The lowest BCUT2D eigenvalue weighted by Gasteiger charge is -2.15. The summed E-state index contributed by atoms with van der Waals surface area (Å²) in [4.78, 5) is 51.0. The molecule has 26 heavy (non-hydrogen) atoms. The minimum Gasteiger partial charge on any atom is -0.351 e. The fraction of sp³-hybridized carbons (Fsp3) is 0.263. The second-order valence-corrected chi connectivity index (χ2v) is 6.32. The average Bonchev–Trinajstić information content (AvgIpc) is 3.00.